The van der Waals surface area contributed by atoms with Crippen molar-refractivity contribution in [1.29, 1.82) is 0 Å². The Morgan fingerprint density at radius 3 is 2.32 bits per heavy atom. The number of hydrogen-bond acceptors (Lipinski definition) is 5. The van der Waals surface area contributed by atoms with Gasteiger partial charge in [0.2, 0.25) is 10.0 Å². The minimum absolute atomic E-state index is 0.00170. The Morgan fingerprint density at radius 1 is 1.18 bits per heavy atom. The van der Waals surface area contributed by atoms with E-state index in [9.17, 15) is 26.4 Å². The van der Waals surface area contributed by atoms with E-state index in [-0.39, 0.29) is 36.2 Å². The summed E-state index contributed by atoms with van der Waals surface area (Å²) in [6.45, 7) is 2.74. The average molecular weight is 422 g/mol. The Labute approximate surface area is 161 Å². The van der Waals surface area contributed by atoms with Gasteiger partial charge in [-0.25, -0.2) is 13.2 Å². The van der Waals surface area contributed by atoms with Crippen LogP contribution >= 0.6 is 0 Å². The number of halogens is 3. The van der Waals surface area contributed by atoms with Crippen molar-refractivity contribution in [3.63, 3.8) is 0 Å². The maximum atomic E-state index is 12.8. The van der Waals surface area contributed by atoms with Crippen molar-refractivity contribution in [2.24, 2.45) is 0 Å². The van der Waals surface area contributed by atoms with E-state index in [2.05, 4.69) is 4.74 Å². The van der Waals surface area contributed by atoms with E-state index < -0.39 is 22.1 Å². The molecule has 0 radical (unpaired) electrons. The molecule has 0 aromatic heterocycles. The molecule has 7 nitrogen and oxygen atoms in total. The molecule has 0 spiro atoms. The molecule has 2 fully saturated rings. The van der Waals surface area contributed by atoms with Gasteiger partial charge in [0, 0.05) is 19.1 Å². The van der Waals surface area contributed by atoms with Crippen molar-refractivity contribution in [2.45, 2.75) is 49.5 Å². The fraction of sp³-hybridized carbons (Fsp3) is 0.588. The predicted octanol–water partition coefficient (Wildman–Crippen LogP) is 2.97. The number of piperidine rings is 1. The smallest absolute Gasteiger partial charge is 0.447 e. The molecule has 2 aliphatic heterocycles. The van der Waals surface area contributed by atoms with E-state index in [1.807, 2.05) is 6.92 Å². The summed E-state index contributed by atoms with van der Waals surface area (Å²) in [5.41, 5.74) is 0. The quantitative estimate of drug-likeness (QED) is 0.729. The lowest BCUT2D eigenvalue weighted by Gasteiger charge is -2.37. The second-order valence-electron chi connectivity index (χ2n) is 6.70. The third-order valence-corrected chi connectivity index (χ3v) is 6.90. The fourth-order valence-corrected chi connectivity index (χ4v) is 5.03. The molecule has 0 saturated carbocycles. The van der Waals surface area contributed by atoms with Crippen molar-refractivity contribution >= 4 is 16.1 Å². The van der Waals surface area contributed by atoms with Crippen molar-refractivity contribution in [3.8, 4) is 5.75 Å². The summed E-state index contributed by atoms with van der Waals surface area (Å²) in [7, 11) is -3.84. The van der Waals surface area contributed by atoms with E-state index in [4.69, 9.17) is 4.74 Å². The molecule has 2 aliphatic rings. The Morgan fingerprint density at radius 2 is 1.79 bits per heavy atom. The average Bonchev–Trinajstić information content (AvgIpc) is 3.01. The second-order valence-corrected chi connectivity index (χ2v) is 8.64. The Balaban J connectivity index is 1.65. The first-order chi connectivity index (χ1) is 13.1. The Kier molecular flexibility index (Phi) is 5.76. The Bertz CT molecular complexity index is 805. The SMILES string of the molecule is CCC1COC(=O)N1C1CCN(S(=O)(=O)c2ccc(OC(F)(F)F)cc2)CC1. The summed E-state index contributed by atoms with van der Waals surface area (Å²) in [4.78, 5) is 13.6. The number of cyclic esters (lactones) is 1. The van der Waals surface area contributed by atoms with Gasteiger partial charge < -0.3 is 9.47 Å². The predicted molar refractivity (Wildman–Crippen MR) is 92.2 cm³/mol. The summed E-state index contributed by atoms with van der Waals surface area (Å²) in [5.74, 6) is -0.483. The van der Waals surface area contributed by atoms with E-state index in [1.165, 1.54) is 4.31 Å². The van der Waals surface area contributed by atoms with Gasteiger partial charge >= 0.3 is 12.5 Å². The highest BCUT2D eigenvalue weighted by Crippen LogP contribution is 2.29. The molecular formula is C17H21F3N2O5S. The van der Waals surface area contributed by atoms with E-state index in [0.29, 0.717) is 19.4 Å². The van der Waals surface area contributed by atoms with Crippen molar-refractivity contribution < 1.29 is 35.9 Å². The zero-order chi connectivity index (χ0) is 20.5. The molecule has 156 valence electrons. The monoisotopic (exact) mass is 422 g/mol. The van der Waals surface area contributed by atoms with Crippen LogP contribution in [0, 0.1) is 0 Å². The number of ether oxygens (including phenoxy) is 2. The molecule has 1 atom stereocenters. The topological polar surface area (TPSA) is 76.2 Å². The first-order valence-corrected chi connectivity index (χ1v) is 10.4. The van der Waals surface area contributed by atoms with E-state index in [1.54, 1.807) is 4.90 Å². The van der Waals surface area contributed by atoms with Crippen LogP contribution in [0.4, 0.5) is 18.0 Å². The maximum Gasteiger partial charge on any atom is 0.573 e. The lowest BCUT2D eigenvalue weighted by molar-refractivity contribution is -0.274. The number of nitrogens with zero attached hydrogens (tertiary/aromatic N) is 2. The molecule has 1 aromatic rings. The molecule has 0 bridgehead atoms. The molecule has 1 aromatic carbocycles. The highest BCUT2D eigenvalue weighted by atomic mass is 32.2. The number of rotatable bonds is 5. The second kappa shape index (κ2) is 7.78. The molecule has 3 rings (SSSR count). The van der Waals surface area contributed by atoms with E-state index in [0.717, 1.165) is 30.7 Å². The maximum absolute atomic E-state index is 12.8. The van der Waals surface area contributed by atoms with Crippen LogP contribution in [0.1, 0.15) is 26.2 Å². The number of hydrogen-bond donors (Lipinski definition) is 0. The number of sulfonamides is 1. The van der Waals surface area contributed by atoms with Gasteiger partial charge in [0.15, 0.2) is 0 Å². The minimum Gasteiger partial charge on any atom is -0.447 e. The normalized spacial score (nSPS) is 22.4. The number of amides is 1. The summed E-state index contributed by atoms with van der Waals surface area (Å²) in [6, 6.07) is 4.04. The first kappa shape index (κ1) is 20.7. The van der Waals surface area contributed by atoms with Crippen LogP contribution in [0.15, 0.2) is 29.2 Å². The molecule has 1 amide bonds. The number of benzene rings is 1. The van der Waals surface area contributed by atoms with Crippen LogP contribution in [-0.2, 0) is 14.8 Å². The Hall–Kier alpha value is -2.01. The van der Waals surface area contributed by atoms with E-state index >= 15 is 0 Å². The van der Waals surface area contributed by atoms with Crippen LogP contribution in [0.5, 0.6) is 5.75 Å². The van der Waals surface area contributed by atoms with Gasteiger partial charge in [-0.05, 0) is 43.5 Å². The lowest BCUT2D eigenvalue weighted by atomic mass is 10.0. The van der Waals surface area contributed by atoms with Crippen molar-refractivity contribution in [2.75, 3.05) is 19.7 Å². The number of carbonyl (C=O) groups is 1. The van der Waals surface area contributed by atoms with Crippen molar-refractivity contribution in [3.05, 3.63) is 24.3 Å². The van der Waals surface area contributed by atoms with Gasteiger partial charge in [-0.1, -0.05) is 6.92 Å². The van der Waals surface area contributed by atoms with Gasteiger partial charge in [-0.15, -0.1) is 13.2 Å². The lowest BCUT2D eigenvalue weighted by Crippen LogP contribution is -2.49. The largest absolute Gasteiger partial charge is 0.573 e. The summed E-state index contributed by atoms with van der Waals surface area (Å²) in [6.07, 6.45) is -3.50. The third kappa shape index (κ3) is 4.35. The van der Waals surface area contributed by atoms with Crippen molar-refractivity contribution in [1.82, 2.24) is 9.21 Å². The fourth-order valence-electron chi connectivity index (χ4n) is 3.56. The van der Waals surface area contributed by atoms with Crippen LogP contribution in [0.25, 0.3) is 0 Å². The van der Waals surface area contributed by atoms with Crippen LogP contribution in [-0.4, -0.2) is 61.9 Å². The van der Waals surface area contributed by atoms with Gasteiger partial charge in [0.25, 0.3) is 0 Å². The summed E-state index contributed by atoms with van der Waals surface area (Å²) in [5, 5.41) is 0. The standard InChI is InChI=1S/C17H21F3N2O5S/c1-2-12-11-26-16(23)22(12)13-7-9-21(10-8-13)28(24,25)15-5-3-14(4-6-15)27-17(18,19)20/h3-6,12-13H,2,7-11H2,1H3. The van der Waals surface area contributed by atoms with Gasteiger partial charge in [0.05, 0.1) is 10.9 Å². The third-order valence-electron chi connectivity index (χ3n) is 4.99. The minimum atomic E-state index is -4.84. The molecule has 28 heavy (non-hydrogen) atoms. The number of carbonyl (C=O) groups excluding carboxylic acids is 1. The van der Waals surface area contributed by atoms with Gasteiger partial charge in [-0.2, -0.15) is 4.31 Å². The van der Waals surface area contributed by atoms with Crippen LogP contribution in [0.2, 0.25) is 0 Å². The zero-order valence-electron chi connectivity index (χ0n) is 15.2. The van der Waals surface area contributed by atoms with Gasteiger partial charge in [0.1, 0.15) is 12.4 Å². The molecule has 0 aliphatic carbocycles. The molecule has 2 saturated heterocycles. The summed E-state index contributed by atoms with van der Waals surface area (Å²) < 4.78 is 72.3. The molecular weight excluding hydrogens is 401 g/mol. The zero-order valence-corrected chi connectivity index (χ0v) is 16.0. The number of alkyl halides is 3. The molecule has 1 unspecified atom stereocenters. The first-order valence-electron chi connectivity index (χ1n) is 8.93. The molecule has 2 heterocycles. The van der Waals surface area contributed by atoms with Crippen LogP contribution < -0.4 is 4.74 Å². The van der Waals surface area contributed by atoms with Crippen LogP contribution in [0.3, 0.4) is 0 Å². The molecule has 11 heteroatoms. The highest BCUT2D eigenvalue weighted by Gasteiger charge is 2.40. The highest BCUT2D eigenvalue weighted by molar-refractivity contribution is 7.89. The molecule has 0 N–H and O–H groups in total. The summed E-state index contributed by atoms with van der Waals surface area (Å²) >= 11 is 0. The van der Waals surface area contributed by atoms with Gasteiger partial charge in [-0.3, -0.25) is 4.90 Å².